The summed E-state index contributed by atoms with van der Waals surface area (Å²) >= 11 is 0. The molecule has 0 spiro atoms. The first-order valence-corrected chi connectivity index (χ1v) is 12.0. The van der Waals surface area contributed by atoms with Crippen LogP contribution in [0.25, 0.3) is 0 Å². The number of rotatable bonds is 6. The van der Waals surface area contributed by atoms with E-state index in [9.17, 15) is 9.59 Å². The van der Waals surface area contributed by atoms with Gasteiger partial charge in [0.25, 0.3) is 5.91 Å². The molecule has 1 saturated heterocycles. The SMILES string of the molecule is Cc1ccc(C(=O)N2CCC(c3ccc(C#N)cc3)CC2)cc1NC(=O)NCCc1ccccc1. The maximum Gasteiger partial charge on any atom is 0.319 e. The number of piperidine rings is 1. The van der Waals surface area contributed by atoms with Gasteiger partial charge in [0.1, 0.15) is 0 Å². The molecule has 0 bridgehead atoms. The maximum atomic E-state index is 13.2. The van der Waals surface area contributed by atoms with Gasteiger partial charge < -0.3 is 15.5 Å². The number of benzene rings is 3. The van der Waals surface area contributed by atoms with Crippen molar-refractivity contribution in [3.8, 4) is 6.07 Å². The van der Waals surface area contributed by atoms with Gasteiger partial charge in [-0.1, -0.05) is 48.5 Å². The van der Waals surface area contributed by atoms with Crippen LogP contribution in [-0.4, -0.2) is 36.5 Å². The van der Waals surface area contributed by atoms with Crippen molar-refractivity contribution < 1.29 is 9.59 Å². The predicted octanol–water partition coefficient (Wildman–Crippen LogP) is 5.25. The lowest BCUT2D eigenvalue weighted by Crippen LogP contribution is -2.38. The Kier molecular flexibility index (Phi) is 7.79. The van der Waals surface area contributed by atoms with E-state index in [1.165, 1.54) is 11.1 Å². The van der Waals surface area contributed by atoms with Gasteiger partial charge in [0.15, 0.2) is 0 Å². The average molecular weight is 467 g/mol. The number of anilines is 1. The lowest BCUT2D eigenvalue weighted by molar-refractivity contribution is 0.0713. The van der Waals surface area contributed by atoms with Gasteiger partial charge in [-0.15, -0.1) is 0 Å². The van der Waals surface area contributed by atoms with E-state index < -0.39 is 0 Å². The normalized spacial score (nSPS) is 13.7. The van der Waals surface area contributed by atoms with Gasteiger partial charge in [-0.3, -0.25) is 4.79 Å². The van der Waals surface area contributed by atoms with E-state index in [2.05, 4.69) is 16.7 Å². The van der Waals surface area contributed by atoms with Crippen LogP contribution in [0.15, 0.2) is 72.8 Å². The monoisotopic (exact) mass is 466 g/mol. The number of nitrogens with one attached hydrogen (secondary N) is 2. The third-order valence-electron chi connectivity index (χ3n) is 6.57. The Bertz CT molecular complexity index is 1210. The molecular weight excluding hydrogens is 436 g/mol. The van der Waals surface area contributed by atoms with E-state index in [4.69, 9.17) is 5.26 Å². The van der Waals surface area contributed by atoms with E-state index in [0.717, 1.165) is 24.8 Å². The highest BCUT2D eigenvalue weighted by Crippen LogP contribution is 2.29. The molecule has 4 rings (SSSR count). The van der Waals surface area contributed by atoms with Gasteiger partial charge in [0.05, 0.1) is 11.6 Å². The molecule has 0 saturated carbocycles. The Hall–Kier alpha value is -4.11. The van der Waals surface area contributed by atoms with Crippen molar-refractivity contribution in [2.24, 2.45) is 0 Å². The van der Waals surface area contributed by atoms with E-state index in [0.29, 0.717) is 42.4 Å². The summed E-state index contributed by atoms with van der Waals surface area (Å²) < 4.78 is 0. The molecule has 6 nitrogen and oxygen atoms in total. The molecule has 0 aliphatic carbocycles. The van der Waals surface area contributed by atoms with Crippen LogP contribution in [-0.2, 0) is 6.42 Å². The highest BCUT2D eigenvalue weighted by molar-refractivity contribution is 5.97. The summed E-state index contributed by atoms with van der Waals surface area (Å²) in [5.74, 6) is 0.373. The third-order valence-corrected chi connectivity index (χ3v) is 6.57. The van der Waals surface area contributed by atoms with Crippen LogP contribution < -0.4 is 10.6 Å². The fourth-order valence-electron chi connectivity index (χ4n) is 4.45. The highest BCUT2D eigenvalue weighted by Gasteiger charge is 2.25. The lowest BCUT2D eigenvalue weighted by atomic mass is 9.89. The van der Waals surface area contributed by atoms with E-state index >= 15 is 0 Å². The quantitative estimate of drug-likeness (QED) is 0.520. The van der Waals surface area contributed by atoms with Crippen molar-refractivity contribution in [2.75, 3.05) is 25.0 Å². The van der Waals surface area contributed by atoms with Crippen molar-refractivity contribution in [1.29, 1.82) is 5.26 Å². The zero-order valence-electron chi connectivity index (χ0n) is 20.0. The minimum Gasteiger partial charge on any atom is -0.339 e. The summed E-state index contributed by atoms with van der Waals surface area (Å²) in [4.78, 5) is 27.5. The van der Waals surface area contributed by atoms with Gasteiger partial charge in [0.2, 0.25) is 0 Å². The molecule has 35 heavy (non-hydrogen) atoms. The first-order chi connectivity index (χ1) is 17.0. The fraction of sp³-hybridized carbons (Fsp3) is 0.276. The number of nitriles is 1. The molecule has 0 unspecified atom stereocenters. The van der Waals surface area contributed by atoms with Gasteiger partial charge >= 0.3 is 6.03 Å². The maximum absolute atomic E-state index is 13.2. The number of nitrogens with zero attached hydrogens (tertiary/aromatic N) is 2. The fourth-order valence-corrected chi connectivity index (χ4v) is 4.45. The van der Waals surface area contributed by atoms with Crippen LogP contribution in [0.1, 0.15) is 51.4 Å². The summed E-state index contributed by atoms with van der Waals surface area (Å²) in [6, 6.07) is 25.1. The lowest BCUT2D eigenvalue weighted by Gasteiger charge is -2.32. The molecule has 2 N–H and O–H groups in total. The number of urea groups is 1. The van der Waals surface area contributed by atoms with Crippen LogP contribution >= 0.6 is 0 Å². The number of carbonyl (C=O) groups is 2. The molecule has 1 heterocycles. The Morgan fingerprint density at radius 2 is 1.71 bits per heavy atom. The molecule has 1 aliphatic rings. The molecule has 0 radical (unpaired) electrons. The second kappa shape index (κ2) is 11.3. The third kappa shape index (κ3) is 6.27. The number of hydrogen-bond acceptors (Lipinski definition) is 3. The second-order valence-electron chi connectivity index (χ2n) is 8.95. The zero-order valence-corrected chi connectivity index (χ0v) is 20.0. The van der Waals surface area contributed by atoms with Crippen molar-refractivity contribution in [1.82, 2.24) is 10.2 Å². The predicted molar refractivity (Wildman–Crippen MR) is 137 cm³/mol. The summed E-state index contributed by atoms with van der Waals surface area (Å²) in [6.07, 6.45) is 2.53. The molecule has 1 fully saturated rings. The van der Waals surface area contributed by atoms with Crippen LogP contribution in [0, 0.1) is 18.3 Å². The molecule has 0 aromatic heterocycles. The Balaban J connectivity index is 1.31. The minimum absolute atomic E-state index is 0.0178. The number of carbonyl (C=O) groups excluding carboxylic acids is 2. The molecule has 1 aliphatic heterocycles. The Morgan fingerprint density at radius 3 is 2.40 bits per heavy atom. The van der Waals surface area contributed by atoms with Crippen LogP contribution in [0.3, 0.4) is 0 Å². The summed E-state index contributed by atoms with van der Waals surface area (Å²) in [7, 11) is 0. The van der Waals surface area contributed by atoms with Crippen LogP contribution in [0.2, 0.25) is 0 Å². The molecule has 0 atom stereocenters. The summed E-state index contributed by atoms with van der Waals surface area (Å²) in [5, 5.41) is 14.8. The highest BCUT2D eigenvalue weighted by atomic mass is 16.2. The van der Waals surface area contributed by atoms with Gasteiger partial charge in [-0.05, 0) is 73.1 Å². The van der Waals surface area contributed by atoms with E-state index in [1.807, 2.05) is 78.6 Å². The van der Waals surface area contributed by atoms with Crippen LogP contribution in [0.4, 0.5) is 10.5 Å². The molecule has 3 amide bonds. The molecule has 3 aromatic rings. The number of amides is 3. The van der Waals surface area contributed by atoms with Crippen molar-refractivity contribution in [3.05, 3.63) is 101 Å². The molecule has 6 heteroatoms. The van der Waals surface area contributed by atoms with Crippen LogP contribution in [0.5, 0.6) is 0 Å². The molecular formula is C29H30N4O2. The Morgan fingerprint density at radius 1 is 1.00 bits per heavy atom. The topological polar surface area (TPSA) is 85.2 Å². The van der Waals surface area contributed by atoms with E-state index in [-0.39, 0.29) is 11.9 Å². The minimum atomic E-state index is -0.281. The largest absolute Gasteiger partial charge is 0.339 e. The summed E-state index contributed by atoms with van der Waals surface area (Å²) in [5.41, 5.74) is 5.16. The first kappa shape index (κ1) is 24.0. The number of likely N-dealkylation sites (tertiary alicyclic amines) is 1. The first-order valence-electron chi connectivity index (χ1n) is 12.0. The smallest absolute Gasteiger partial charge is 0.319 e. The van der Waals surface area contributed by atoms with E-state index in [1.54, 1.807) is 6.07 Å². The van der Waals surface area contributed by atoms with Crippen molar-refractivity contribution in [2.45, 2.75) is 32.1 Å². The standard InChI is InChI=1S/C29H30N4O2/c1-21-7-10-26(19-27(21)32-29(35)31-16-13-22-5-3-2-4-6-22)28(34)33-17-14-25(15-18-33)24-11-8-23(20-30)9-12-24/h2-12,19,25H,13-18H2,1H3,(H2,31,32,35). The van der Waals surface area contributed by atoms with Gasteiger partial charge in [-0.25, -0.2) is 4.79 Å². The number of aryl methyl sites for hydroxylation is 1. The molecule has 178 valence electrons. The summed E-state index contributed by atoms with van der Waals surface area (Å²) in [6.45, 7) is 3.80. The van der Waals surface area contributed by atoms with Crippen molar-refractivity contribution >= 4 is 17.6 Å². The van der Waals surface area contributed by atoms with Gasteiger partial charge in [-0.2, -0.15) is 5.26 Å². The number of hydrogen-bond donors (Lipinski definition) is 2. The second-order valence-corrected chi connectivity index (χ2v) is 8.95. The zero-order chi connectivity index (χ0) is 24.6. The average Bonchev–Trinajstić information content (AvgIpc) is 2.90. The molecule has 3 aromatic carbocycles. The van der Waals surface area contributed by atoms with Crippen molar-refractivity contribution in [3.63, 3.8) is 0 Å². The Labute approximate surface area is 206 Å². The van der Waals surface area contributed by atoms with Gasteiger partial charge in [0, 0.05) is 30.9 Å².